The predicted molar refractivity (Wildman–Crippen MR) is 206 cm³/mol. The van der Waals surface area contributed by atoms with Crippen molar-refractivity contribution in [1.82, 2.24) is 4.90 Å². The van der Waals surface area contributed by atoms with Crippen molar-refractivity contribution in [2.75, 3.05) is 40.5 Å². The second-order valence-electron chi connectivity index (χ2n) is 14.0. The molecule has 0 amide bonds. The van der Waals surface area contributed by atoms with E-state index < -0.39 is 0 Å². The number of likely N-dealkylation sites (N-methyl/N-ethyl adjacent to an activating group) is 1. The zero-order valence-electron chi connectivity index (χ0n) is 31.8. The maximum Gasteiger partial charge on any atom is 0.113 e. The third-order valence-corrected chi connectivity index (χ3v) is 9.08. The molecule has 1 aliphatic rings. The maximum atomic E-state index is 6.43. The SMILES string of the molecule is CCCCC/C=C\C/C=C\CCCCCCCCOC1CO[C@H](CN(C)C)[C@H]1OCCCCCCCC/C=C\C/C=C\CCCCC. The van der Waals surface area contributed by atoms with E-state index in [4.69, 9.17) is 14.2 Å². The van der Waals surface area contributed by atoms with Crippen LogP contribution in [0.25, 0.3) is 0 Å². The van der Waals surface area contributed by atoms with Gasteiger partial charge in [-0.05, 0) is 91.1 Å². The second-order valence-corrected chi connectivity index (χ2v) is 14.0. The topological polar surface area (TPSA) is 30.9 Å². The first-order chi connectivity index (χ1) is 23.2. The van der Waals surface area contributed by atoms with Crippen molar-refractivity contribution < 1.29 is 14.2 Å². The minimum Gasteiger partial charge on any atom is -0.373 e. The molecule has 0 aromatic heterocycles. The highest BCUT2D eigenvalue weighted by atomic mass is 16.6. The third kappa shape index (κ3) is 28.4. The van der Waals surface area contributed by atoms with Crippen LogP contribution in [0.4, 0.5) is 0 Å². The van der Waals surface area contributed by atoms with Crippen LogP contribution in [-0.4, -0.2) is 63.7 Å². The summed E-state index contributed by atoms with van der Waals surface area (Å²) in [6.07, 6.45) is 49.4. The highest BCUT2D eigenvalue weighted by molar-refractivity contribution is 4.93. The van der Waals surface area contributed by atoms with Gasteiger partial charge in [-0.1, -0.05) is 140 Å². The Morgan fingerprint density at radius 3 is 1.36 bits per heavy atom. The van der Waals surface area contributed by atoms with Gasteiger partial charge in [0.2, 0.25) is 0 Å². The molecule has 1 saturated heterocycles. The van der Waals surface area contributed by atoms with Crippen molar-refractivity contribution in [1.29, 1.82) is 0 Å². The summed E-state index contributed by atoms with van der Waals surface area (Å²) in [6, 6.07) is 0. The number of hydrogen-bond acceptors (Lipinski definition) is 4. The lowest BCUT2D eigenvalue weighted by atomic mass is 10.1. The Kier molecular flexibility index (Phi) is 32.3. The van der Waals surface area contributed by atoms with Gasteiger partial charge in [-0.25, -0.2) is 0 Å². The molecule has 1 aliphatic heterocycles. The molecule has 1 heterocycles. The first-order valence-electron chi connectivity index (χ1n) is 20.3. The minimum atomic E-state index is 0.0555. The molecule has 1 unspecified atom stereocenters. The average Bonchev–Trinajstić information content (AvgIpc) is 3.43. The van der Waals surface area contributed by atoms with E-state index in [1.54, 1.807) is 0 Å². The molecule has 274 valence electrons. The molecular formula is C43H79NO3. The lowest BCUT2D eigenvalue weighted by Gasteiger charge is -2.25. The summed E-state index contributed by atoms with van der Waals surface area (Å²) in [5.74, 6) is 0. The highest BCUT2D eigenvalue weighted by Crippen LogP contribution is 2.23. The molecule has 0 aliphatic carbocycles. The summed E-state index contributed by atoms with van der Waals surface area (Å²) in [4.78, 5) is 2.20. The molecule has 3 atom stereocenters. The molecule has 0 bridgehead atoms. The van der Waals surface area contributed by atoms with Crippen LogP contribution in [0.1, 0.15) is 168 Å². The van der Waals surface area contributed by atoms with Crippen molar-refractivity contribution in [3.05, 3.63) is 48.6 Å². The molecule has 0 radical (unpaired) electrons. The van der Waals surface area contributed by atoms with Gasteiger partial charge in [0.25, 0.3) is 0 Å². The van der Waals surface area contributed by atoms with Gasteiger partial charge in [0.15, 0.2) is 0 Å². The monoisotopic (exact) mass is 658 g/mol. The summed E-state index contributed by atoms with van der Waals surface area (Å²) in [7, 11) is 4.22. The number of nitrogens with zero attached hydrogens (tertiary/aromatic N) is 1. The van der Waals surface area contributed by atoms with Crippen LogP contribution in [0, 0.1) is 0 Å². The van der Waals surface area contributed by atoms with E-state index in [9.17, 15) is 0 Å². The van der Waals surface area contributed by atoms with Crippen molar-refractivity contribution in [3.63, 3.8) is 0 Å². The molecular weight excluding hydrogens is 578 g/mol. The van der Waals surface area contributed by atoms with Gasteiger partial charge in [0.1, 0.15) is 12.2 Å². The molecule has 4 heteroatoms. The van der Waals surface area contributed by atoms with Crippen LogP contribution in [0.15, 0.2) is 48.6 Å². The summed E-state index contributed by atoms with van der Waals surface area (Å²) >= 11 is 0. The Morgan fingerprint density at radius 2 is 0.915 bits per heavy atom. The molecule has 0 spiro atoms. The lowest BCUT2D eigenvalue weighted by molar-refractivity contribution is -0.0661. The van der Waals surface area contributed by atoms with Gasteiger partial charge in [0, 0.05) is 19.8 Å². The van der Waals surface area contributed by atoms with E-state index >= 15 is 0 Å². The predicted octanol–water partition coefficient (Wildman–Crippen LogP) is 12.3. The zero-order chi connectivity index (χ0) is 33.9. The maximum absolute atomic E-state index is 6.43. The molecule has 1 rings (SSSR count). The second kappa shape index (κ2) is 34.7. The first kappa shape index (κ1) is 43.8. The van der Waals surface area contributed by atoms with E-state index in [0.717, 1.165) is 45.4 Å². The van der Waals surface area contributed by atoms with Gasteiger partial charge in [-0.15, -0.1) is 0 Å². The number of hydrogen-bond donors (Lipinski definition) is 0. The number of allylic oxidation sites excluding steroid dienone is 8. The van der Waals surface area contributed by atoms with Crippen LogP contribution < -0.4 is 0 Å². The Balaban J connectivity index is 2.06. The van der Waals surface area contributed by atoms with Gasteiger partial charge in [0.05, 0.1) is 12.7 Å². The van der Waals surface area contributed by atoms with Crippen molar-refractivity contribution in [2.24, 2.45) is 0 Å². The third-order valence-electron chi connectivity index (χ3n) is 9.08. The molecule has 1 fully saturated rings. The Labute approximate surface area is 293 Å². The summed E-state index contributed by atoms with van der Waals surface area (Å²) in [6.45, 7) is 7.72. The average molecular weight is 658 g/mol. The van der Waals surface area contributed by atoms with Crippen molar-refractivity contribution >= 4 is 0 Å². The first-order valence-corrected chi connectivity index (χ1v) is 20.3. The molecule has 0 N–H and O–H groups in total. The standard InChI is InChI=1S/C43H79NO3/c1-5-7-9-11-13-15-17-19-21-23-25-27-29-31-33-35-37-45-42-40-47-41(39-44(3)4)43(42)46-38-36-34-32-30-28-26-24-22-20-18-16-14-12-10-8-6-2/h13-16,19-22,41-43H,5-12,17-18,23-40H2,1-4H3/b15-13-,16-14-,21-19-,22-20-/t41-,42?,43-/m1/s1. The van der Waals surface area contributed by atoms with Gasteiger partial charge in [-0.3, -0.25) is 0 Å². The Hall–Kier alpha value is -1.20. The lowest BCUT2D eigenvalue weighted by Crippen LogP contribution is -2.40. The van der Waals surface area contributed by atoms with Crippen LogP contribution >= 0.6 is 0 Å². The van der Waals surface area contributed by atoms with E-state index in [1.807, 2.05) is 0 Å². The number of ether oxygens (including phenoxy) is 3. The molecule has 0 aromatic carbocycles. The van der Waals surface area contributed by atoms with Crippen LogP contribution in [-0.2, 0) is 14.2 Å². The quantitative estimate of drug-likeness (QED) is 0.0509. The van der Waals surface area contributed by atoms with E-state index in [-0.39, 0.29) is 18.3 Å². The van der Waals surface area contributed by atoms with E-state index in [0.29, 0.717) is 6.61 Å². The van der Waals surface area contributed by atoms with Gasteiger partial charge in [-0.2, -0.15) is 0 Å². The molecule has 0 saturated carbocycles. The fourth-order valence-electron chi connectivity index (χ4n) is 6.16. The van der Waals surface area contributed by atoms with Crippen molar-refractivity contribution in [2.45, 2.75) is 186 Å². The molecule has 4 nitrogen and oxygen atoms in total. The van der Waals surface area contributed by atoms with Gasteiger partial charge >= 0.3 is 0 Å². The minimum absolute atomic E-state index is 0.0555. The summed E-state index contributed by atoms with van der Waals surface area (Å²) in [5, 5.41) is 0. The smallest absolute Gasteiger partial charge is 0.113 e. The van der Waals surface area contributed by atoms with Crippen LogP contribution in [0.2, 0.25) is 0 Å². The fraction of sp³-hybridized carbons (Fsp3) is 0.814. The molecule has 0 aromatic rings. The number of unbranched alkanes of at least 4 members (excludes halogenated alkanes) is 18. The normalized spacial score (nSPS) is 18.9. The van der Waals surface area contributed by atoms with Crippen LogP contribution in [0.5, 0.6) is 0 Å². The Morgan fingerprint density at radius 1 is 0.511 bits per heavy atom. The fourth-order valence-corrected chi connectivity index (χ4v) is 6.16. The molecule has 47 heavy (non-hydrogen) atoms. The Bertz CT molecular complexity index is 758. The highest BCUT2D eigenvalue weighted by Gasteiger charge is 2.39. The van der Waals surface area contributed by atoms with Crippen molar-refractivity contribution in [3.8, 4) is 0 Å². The largest absolute Gasteiger partial charge is 0.373 e. The summed E-state index contributed by atoms with van der Waals surface area (Å²) in [5.41, 5.74) is 0. The summed E-state index contributed by atoms with van der Waals surface area (Å²) < 4.78 is 18.9. The van der Waals surface area contributed by atoms with Gasteiger partial charge < -0.3 is 19.1 Å². The van der Waals surface area contributed by atoms with E-state index in [1.165, 1.54) is 128 Å². The zero-order valence-corrected chi connectivity index (χ0v) is 31.8. The van der Waals surface area contributed by atoms with Crippen LogP contribution in [0.3, 0.4) is 0 Å². The van der Waals surface area contributed by atoms with E-state index in [2.05, 4.69) is 81.5 Å². The number of rotatable bonds is 34.